The second-order valence-corrected chi connectivity index (χ2v) is 8.95. The van der Waals surface area contributed by atoms with E-state index in [2.05, 4.69) is 9.80 Å². The summed E-state index contributed by atoms with van der Waals surface area (Å²) in [6.07, 6.45) is 0. The maximum absolute atomic E-state index is 12.6. The lowest BCUT2D eigenvalue weighted by molar-refractivity contribution is 0.121. The number of benzene rings is 2. The fraction of sp³-hybridized carbons (Fsp3) is 0.429. The summed E-state index contributed by atoms with van der Waals surface area (Å²) in [4.78, 5) is 4.89. The summed E-state index contributed by atoms with van der Waals surface area (Å²) in [5.41, 5.74) is 0. The molecule has 0 saturated carbocycles. The van der Waals surface area contributed by atoms with E-state index < -0.39 is 9.84 Å². The second kappa shape index (κ2) is 9.91. The molecule has 28 heavy (non-hydrogen) atoms. The van der Waals surface area contributed by atoms with E-state index in [4.69, 9.17) is 9.47 Å². The van der Waals surface area contributed by atoms with Crippen molar-refractivity contribution in [2.75, 3.05) is 58.7 Å². The summed E-state index contributed by atoms with van der Waals surface area (Å²) in [6, 6.07) is 16.5. The van der Waals surface area contributed by atoms with Gasteiger partial charge in [-0.05, 0) is 30.3 Å². The van der Waals surface area contributed by atoms with Crippen LogP contribution in [0.1, 0.15) is 0 Å². The summed E-state index contributed by atoms with van der Waals surface area (Å²) in [5, 5.41) is 0. The highest BCUT2D eigenvalue weighted by Crippen LogP contribution is 2.18. The topological polar surface area (TPSA) is 59.1 Å². The van der Waals surface area contributed by atoms with Crippen molar-refractivity contribution in [2.24, 2.45) is 0 Å². The summed E-state index contributed by atoms with van der Waals surface area (Å²) in [6.45, 7) is 5.69. The van der Waals surface area contributed by atoms with Crippen molar-refractivity contribution in [1.82, 2.24) is 9.80 Å². The molecule has 0 spiro atoms. The zero-order chi connectivity index (χ0) is 19.8. The number of hydrogen-bond acceptors (Lipinski definition) is 6. The molecule has 6 nitrogen and oxygen atoms in total. The Hall–Kier alpha value is -2.09. The first-order chi connectivity index (χ1) is 13.6. The molecule has 0 unspecified atom stereocenters. The number of sulfone groups is 1. The van der Waals surface area contributed by atoms with Gasteiger partial charge < -0.3 is 9.47 Å². The smallest absolute Gasteiger partial charge is 0.179 e. The lowest BCUT2D eigenvalue weighted by atomic mass is 10.3. The van der Waals surface area contributed by atoms with E-state index in [1.54, 1.807) is 24.3 Å². The molecule has 2 aromatic carbocycles. The van der Waals surface area contributed by atoms with Gasteiger partial charge in [0.05, 0.1) is 17.8 Å². The zero-order valence-corrected chi connectivity index (χ0v) is 17.1. The van der Waals surface area contributed by atoms with Crippen LogP contribution in [0.3, 0.4) is 0 Å². The fourth-order valence-corrected chi connectivity index (χ4v) is 4.52. The molecule has 2 aromatic rings. The monoisotopic (exact) mass is 404 g/mol. The standard InChI is InChI=1S/C21H28N2O4S/c1-26-20-8-5-9-21(18-20)28(24,25)17-15-23-12-10-22(11-13-23)14-16-27-19-6-3-2-4-7-19/h2-9,18H,10-17H2,1H3. The molecular formula is C21H28N2O4S. The number of piperazine rings is 1. The number of methoxy groups -OCH3 is 1. The highest BCUT2D eigenvalue weighted by Gasteiger charge is 2.20. The number of para-hydroxylation sites is 1. The molecule has 1 heterocycles. The van der Waals surface area contributed by atoms with E-state index in [1.807, 2.05) is 30.3 Å². The van der Waals surface area contributed by atoms with Crippen LogP contribution >= 0.6 is 0 Å². The van der Waals surface area contributed by atoms with Crippen molar-refractivity contribution in [3.8, 4) is 11.5 Å². The van der Waals surface area contributed by atoms with E-state index in [9.17, 15) is 8.42 Å². The number of nitrogens with zero attached hydrogens (tertiary/aromatic N) is 2. The first-order valence-corrected chi connectivity index (χ1v) is 11.2. The lowest BCUT2D eigenvalue weighted by Gasteiger charge is -2.34. The Labute approximate surface area is 167 Å². The molecule has 0 N–H and O–H groups in total. The molecule has 1 fully saturated rings. The van der Waals surface area contributed by atoms with Gasteiger partial charge in [-0.2, -0.15) is 0 Å². The average molecular weight is 405 g/mol. The predicted molar refractivity (Wildman–Crippen MR) is 110 cm³/mol. The van der Waals surface area contributed by atoms with Crippen molar-refractivity contribution in [2.45, 2.75) is 4.90 Å². The van der Waals surface area contributed by atoms with Crippen molar-refractivity contribution in [3.05, 3.63) is 54.6 Å². The minimum absolute atomic E-state index is 0.122. The zero-order valence-electron chi connectivity index (χ0n) is 16.3. The molecule has 0 aromatic heterocycles. The van der Waals surface area contributed by atoms with Crippen molar-refractivity contribution in [1.29, 1.82) is 0 Å². The van der Waals surface area contributed by atoms with Gasteiger partial charge in [0.1, 0.15) is 18.1 Å². The first kappa shape index (κ1) is 20.6. The molecule has 1 aliphatic rings. The Balaban J connectivity index is 1.39. The van der Waals surface area contributed by atoms with Gasteiger partial charge in [-0.1, -0.05) is 24.3 Å². The van der Waals surface area contributed by atoms with E-state index in [-0.39, 0.29) is 5.75 Å². The van der Waals surface area contributed by atoms with Gasteiger partial charge in [0, 0.05) is 39.3 Å². The van der Waals surface area contributed by atoms with E-state index in [1.165, 1.54) is 7.11 Å². The average Bonchev–Trinajstić information content (AvgIpc) is 2.74. The van der Waals surface area contributed by atoms with Crippen LogP contribution in [0.2, 0.25) is 0 Å². The summed E-state index contributed by atoms with van der Waals surface area (Å²) in [5.74, 6) is 1.58. The van der Waals surface area contributed by atoms with Crippen molar-refractivity contribution < 1.29 is 17.9 Å². The molecule has 3 rings (SSSR count). The first-order valence-electron chi connectivity index (χ1n) is 9.56. The van der Waals surface area contributed by atoms with Crippen LogP contribution in [-0.4, -0.2) is 77.0 Å². The van der Waals surface area contributed by atoms with Crippen LogP contribution in [0.25, 0.3) is 0 Å². The SMILES string of the molecule is COc1cccc(S(=O)(=O)CCN2CCN(CCOc3ccccc3)CC2)c1. The third-order valence-electron chi connectivity index (χ3n) is 4.96. The molecule has 1 aliphatic heterocycles. The number of ether oxygens (including phenoxy) is 2. The molecule has 7 heteroatoms. The molecule has 0 amide bonds. The molecule has 0 radical (unpaired) electrons. The maximum atomic E-state index is 12.6. The van der Waals surface area contributed by atoms with Crippen LogP contribution in [0.4, 0.5) is 0 Å². The second-order valence-electron chi connectivity index (χ2n) is 6.84. The van der Waals surface area contributed by atoms with Crippen LogP contribution in [0.15, 0.2) is 59.5 Å². The molecule has 0 atom stereocenters. The molecular weight excluding hydrogens is 376 g/mol. The highest BCUT2D eigenvalue weighted by molar-refractivity contribution is 7.91. The summed E-state index contributed by atoms with van der Waals surface area (Å²) < 4.78 is 36.0. The lowest BCUT2D eigenvalue weighted by Crippen LogP contribution is -2.48. The Morgan fingerprint density at radius 2 is 1.50 bits per heavy atom. The number of rotatable bonds is 9. The normalized spacial score (nSPS) is 16.0. The number of hydrogen-bond donors (Lipinski definition) is 0. The molecule has 152 valence electrons. The van der Waals surface area contributed by atoms with E-state index in [0.29, 0.717) is 23.8 Å². The summed E-state index contributed by atoms with van der Waals surface area (Å²) >= 11 is 0. The third-order valence-corrected chi connectivity index (χ3v) is 6.65. The van der Waals surface area contributed by atoms with E-state index in [0.717, 1.165) is 38.5 Å². The van der Waals surface area contributed by atoms with Gasteiger partial charge in [-0.25, -0.2) is 8.42 Å². The van der Waals surface area contributed by atoms with Crippen molar-refractivity contribution >= 4 is 9.84 Å². The highest BCUT2D eigenvalue weighted by atomic mass is 32.2. The summed E-state index contributed by atoms with van der Waals surface area (Å²) in [7, 11) is -1.77. The molecule has 1 saturated heterocycles. The Kier molecular flexibility index (Phi) is 7.30. The van der Waals surface area contributed by atoms with Gasteiger partial charge >= 0.3 is 0 Å². The van der Waals surface area contributed by atoms with Gasteiger partial charge in [0.25, 0.3) is 0 Å². The Morgan fingerprint density at radius 3 is 2.18 bits per heavy atom. The minimum atomic E-state index is -3.31. The maximum Gasteiger partial charge on any atom is 0.179 e. The Bertz CT molecular complexity index is 834. The Morgan fingerprint density at radius 1 is 0.857 bits per heavy atom. The largest absolute Gasteiger partial charge is 0.497 e. The fourth-order valence-electron chi connectivity index (χ4n) is 3.21. The van der Waals surface area contributed by atoms with Crippen LogP contribution in [-0.2, 0) is 9.84 Å². The van der Waals surface area contributed by atoms with Crippen LogP contribution < -0.4 is 9.47 Å². The van der Waals surface area contributed by atoms with Gasteiger partial charge in [-0.3, -0.25) is 9.80 Å². The molecule has 0 bridgehead atoms. The van der Waals surface area contributed by atoms with Gasteiger partial charge in [0.15, 0.2) is 9.84 Å². The van der Waals surface area contributed by atoms with Gasteiger partial charge in [0.2, 0.25) is 0 Å². The van der Waals surface area contributed by atoms with Crippen molar-refractivity contribution in [3.63, 3.8) is 0 Å². The predicted octanol–water partition coefficient (Wildman–Crippen LogP) is 2.17. The van der Waals surface area contributed by atoms with Crippen LogP contribution in [0, 0.1) is 0 Å². The van der Waals surface area contributed by atoms with Gasteiger partial charge in [-0.15, -0.1) is 0 Å². The van der Waals surface area contributed by atoms with Crippen LogP contribution in [0.5, 0.6) is 11.5 Å². The third kappa shape index (κ3) is 5.95. The molecule has 0 aliphatic carbocycles. The quantitative estimate of drug-likeness (QED) is 0.638. The van der Waals surface area contributed by atoms with E-state index >= 15 is 0 Å². The minimum Gasteiger partial charge on any atom is -0.497 e.